The first-order valence-corrected chi connectivity index (χ1v) is 3.62. The molecule has 0 amide bonds. The molecule has 0 saturated heterocycles. The number of rotatable bonds is 0. The van der Waals surface area contributed by atoms with E-state index in [1.807, 2.05) is 19.2 Å². The molecule has 0 aromatic carbocycles. The Morgan fingerprint density at radius 1 is 1.29 bits per heavy atom. The van der Waals surface area contributed by atoms with E-state index in [2.05, 4.69) is 31.2 Å². The summed E-state index contributed by atoms with van der Waals surface area (Å²) in [5.41, 5.74) is 0. The quantitative estimate of drug-likeness (QED) is 0.627. The molecule has 7 heavy (non-hydrogen) atoms. The predicted octanol–water partition coefficient (Wildman–Crippen LogP) is 1.84. The van der Waals surface area contributed by atoms with Gasteiger partial charge in [-0.05, 0) is 0 Å². The Labute approximate surface area is 54.7 Å². The van der Waals surface area contributed by atoms with Gasteiger partial charge in [-0.15, -0.1) is 0 Å². The Morgan fingerprint density at radius 3 is 1.86 bits per heavy atom. The van der Waals surface area contributed by atoms with Gasteiger partial charge < -0.3 is 0 Å². The second-order valence-corrected chi connectivity index (χ2v) is 4.80. The van der Waals surface area contributed by atoms with Crippen molar-refractivity contribution in [1.29, 1.82) is 0 Å². The van der Waals surface area contributed by atoms with Crippen molar-refractivity contribution >= 4 is 0 Å². The summed E-state index contributed by atoms with van der Waals surface area (Å²) >= 11 is 1.81. The van der Waals surface area contributed by atoms with E-state index in [1.165, 1.54) is 0 Å². The molecule has 0 atom stereocenters. The van der Waals surface area contributed by atoms with Crippen LogP contribution in [0.2, 0.25) is 3.89 Å². The van der Waals surface area contributed by atoms with Gasteiger partial charge in [-0.25, -0.2) is 0 Å². The first kappa shape index (κ1) is 5.28. The summed E-state index contributed by atoms with van der Waals surface area (Å²) in [6, 6.07) is 0. The van der Waals surface area contributed by atoms with E-state index < -0.39 is 0 Å². The van der Waals surface area contributed by atoms with Gasteiger partial charge in [0.05, 0.1) is 0 Å². The molecule has 0 fully saturated rings. The number of hydrogen-bond acceptors (Lipinski definition) is 0. The summed E-state index contributed by atoms with van der Waals surface area (Å²) < 4.78 is 0.389. The molecule has 0 aromatic rings. The van der Waals surface area contributed by atoms with Crippen molar-refractivity contribution in [3.63, 3.8) is 0 Å². The average Bonchev–Trinajstić information content (AvgIpc) is 1.84. The summed E-state index contributed by atoms with van der Waals surface area (Å²) in [6.45, 7) is 2.21. The second-order valence-electron chi connectivity index (χ2n) is 1.87. The fourth-order valence-electron chi connectivity index (χ4n) is 0.543. The van der Waals surface area contributed by atoms with Crippen LogP contribution in [0, 0.1) is 0 Å². The molecule has 0 spiro atoms. The molecule has 0 N–H and O–H groups in total. The van der Waals surface area contributed by atoms with E-state index in [-0.39, 0.29) is 0 Å². The third-order valence-corrected chi connectivity index (χ3v) is 1.86. The van der Waals surface area contributed by atoms with E-state index in [4.69, 9.17) is 0 Å². The maximum absolute atomic E-state index is 2.21. The first-order valence-electron chi connectivity index (χ1n) is 2.27. The van der Waals surface area contributed by atoms with Gasteiger partial charge in [-0.3, -0.25) is 0 Å². The van der Waals surface area contributed by atoms with Gasteiger partial charge in [0.25, 0.3) is 0 Å². The van der Waals surface area contributed by atoms with Crippen LogP contribution < -0.4 is 0 Å². The van der Waals surface area contributed by atoms with Gasteiger partial charge in [0.2, 0.25) is 0 Å². The van der Waals surface area contributed by atoms with Gasteiger partial charge in [-0.2, -0.15) is 0 Å². The summed E-state index contributed by atoms with van der Waals surface area (Å²) in [7, 11) is 0. The molecule has 0 nitrogen and oxygen atoms in total. The van der Waals surface area contributed by atoms with Crippen molar-refractivity contribution in [2.24, 2.45) is 0 Å². The molecule has 38 valence electrons. The van der Waals surface area contributed by atoms with Crippen LogP contribution >= 0.6 is 0 Å². The zero-order valence-electron chi connectivity index (χ0n) is 4.19. The standard InChI is InChI=1S/C6H7.Re/c1-6-4-2-3-5-6;/h2-5H,1H3;. The topological polar surface area (TPSA) is 0 Å². The van der Waals surface area contributed by atoms with Crippen LogP contribution in [0.25, 0.3) is 0 Å². The van der Waals surface area contributed by atoms with E-state index in [1.54, 1.807) is 0 Å². The first-order chi connectivity index (χ1) is 3.21. The van der Waals surface area contributed by atoms with E-state index >= 15 is 0 Å². The van der Waals surface area contributed by atoms with E-state index in [9.17, 15) is 0 Å². The van der Waals surface area contributed by atoms with E-state index in [0.717, 1.165) is 0 Å². The van der Waals surface area contributed by atoms with Crippen molar-refractivity contribution in [2.75, 3.05) is 0 Å². The summed E-state index contributed by atoms with van der Waals surface area (Å²) in [5.74, 6) is 0. The molecular weight excluding hydrogens is 258 g/mol. The molecule has 0 radical (unpaired) electrons. The summed E-state index contributed by atoms with van der Waals surface area (Å²) in [4.78, 5) is 0. The minimum absolute atomic E-state index is 0.389. The molecule has 1 heteroatoms. The summed E-state index contributed by atoms with van der Waals surface area (Å²) in [5, 5.41) is 0. The molecule has 1 aliphatic carbocycles. The maximum atomic E-state index is 2.21. The Kier molecular flexibility index (Phi) is 1.19. The van der Waals surface area contributed by atoms with Crippen LogP contribution in [0.15, 0.2) is 24.3 Å². The monoisotopic (exact) mass is 266 g/mol. The van der Waals surface area contributed by atoms with Gasteiger partial charge in [0, 0.05) is 0 Å². The zero-order chi connectivity index (χ0) is 5.33. The van der Waals surface area contributed by atoms with Crippen molar-refractivity contribution in [3.05, 3.63) is 24.3 Å². The Morgan fingerprint density at radius 2 is 1.71 bits per heavy atom. The molecular formula is C6H7Re. The molecule has 0 saturated carbocycles. The van der Waals surface area contributed by atoms with Crippen molar-refractivity contribution < 1.29 is 19.2 Å². The SMILES string of the molecule is C[C]1([Re])C=CC=C1. The fourth-order valence-corrected chi connectivity index (χ4v) is 1.07. The second kappa shape index (κ2) is 1.58. The van der Waals surface area contributed by atoms with Crippen LogP contribution in [0.4, 0.5) is 0 Å². The molecule has 0 bridgehead atoms. The number of hydrogen-bond donors (Lipinski definition) is 0. The minimum atomic E-state index is 0.389. The van der Waals surface area contributed by atoms with Crippen molar-refractivity contribution in [2.45, 2.75) is 10.8 Å². The normalized spacial score (nSPS) is 23.7. The van der Waals surface area contributed by atoms with Gasteiger partial charge >= 0.3 is 54.3 Å². The summed E-state index contributed by atoms with van der Waals surface area (Å²) in [6.07, 6.45) is 8.62. The fraction of sp³-hybridized carbons (Fsp3) is 0.333. The Bertz CT molecular complexity index is 106. The Balaban J connectivity index is 2.77. The van der Waals surface area contributed by atoms with Gasteiger partial charge in [-0.1, -0.05) is 0 Å². The molecule has 1 aliphatic rings. The van der Waals surface area contributed by atoms with Crippen LogP contribution in [0.3, 0.4) is 0 Å². The third kappa shape index (κ3) is 1.26. The van der Waals surface area contributed by atoms with Crippen LogP contribution in [0.5, 0.6) is 0 Å². The molecule has 0 aromatic heterocycles. The van der Waals surface area contributed by atoms with Crippen LogP contribution in [-0.2, 0) is 19.2 Å². The van der Waals surface area contributed by atoms with E-state index in [0.29, 0.717) is 3.89 Å². The van der Waals surface area contributed by atoms with Crippen LogP contribution in [0.1, 0.15) is 6.92 Å². The molecule has 0 heterocycles. The van der Waals surface area contributed by atoms with Crippen molar-refractivity contribution in [3.8, 4) is 0 Å². The van der Waals surface area contributed by atoms with Crippen LogP contribution in [-0.4, -0.2) is 0 Å². The third-order valence-electron chi connectivity index (χ3n) is 0.955. The number of allylic oxidation sites excluding steroid dienone is 4. The van der Waals surface area contributed by atoms with Gasteiger partial charge in [0.1, 0.15) is 0 Å². The predicted molar refractivity (Wildman–Crippen MR) is 26.6 cm³/mol. The molecule has 1 rings (SSSR count). The molecule has 0 unspecified atom stereocenters. The molecule has 0 aliphatic heterocycles. The van der Waals surface area contributed by atoms with Crippen molar-refractivity contribution in [1.82, 2.24) is 0 Å². The van der Waals surface area contributed by atoms with Gasteiger partial charge in [0.15, 0.2) is 0 Å². The average molecular weight is 265 g/mol. The zero-order valence-corrected chi connectivity index (χ0v) is 6.90. The Hall–Kier alpha value is 0.142.